The number of fused-ring (bicyclic) bond motifs is 1. The van der Waals surface area contributed by atoms with Crippen molar-refractivity contribution in [3.63, 3.8) is 0 Å². The fraction of sp³-hybridized carbons (Fsp3) is 0.194. The highest BCUT2D eigenvalue weighted by molar-refractivity contribution is 5.95. The SMILES string of the molecule is CCc1ccc(C2c3ccccc3C=NN2C(=O)/C=C/c2cc(Cc3cnc(N)nc3N)cc(OC)c2OC)cn1. The summed E-state index contributed by atoms with van der Waals surface area (Å²) in [5, 5.41) is 6.01. The Hall–Kier alpha value is -5.25. The summed E-state index contributed by atoms with van der Waals surface area (Å²) in [5.74, 6) is 1.11. The second kappa shape index (κ2) is 11.9. The number of aryl methyl sites for hydroxylation is 1. The first-order chi connectivity index (χ1) is 19.9. The molecule has 4 aromatic rings. The van der Waals surface area contributed by atoms with Gasteiger partial charge in [-0.3, -0.25) is 9.78 Å². The smallest absolute Gasteiger partial charge is 0.267 e. The van der Waals surface area contributed by atoms with Crippen molar-refractivity contribution in [2.45, 2.75) is 25.8 Å². The van der Waals surface area contributed by atoms with Crippen molar-refractivity contribution in [1.82, 2.24) is 20.0 Å². The Morgan fingerprint density at radius 1 is 1.05 bits per heavy atom. The summed E-state index contributed by atoms with van der Waals surface area (Å²) in [6, 6.07) is 15.2. The Morgan fingerprint density at radius 3 is 2.59 bits per heavy atom. The summed E-state index contributed by atoms with van der Waals surface area (Å²) in [7, 11) is 3.11. The van der Waals surface area contributed by atoms with Crippen LogP contribution in [0.2, 0.25) is 0 Å². The average molecular weight is 550 g/mol. The molecule has 10 heteroatoms. The van der Waals surface area contributed by atoms with Crippen LogP contribution in [0.5, 0.6) is 11.5 Å². The van der Waals surface area contributed by atoms with Gasteiger partial charge in [0.25, 0.3) is 5.91 Å². The average Bonchev–Trinajstić information content (AvgIpc) is 3.00. The molecule has 0 fully saturated rings. The zero-order chi connectivity index (χ0) is 28.9. The van der Waals surface area contributed by atoms with E-state index in [1.165, 1.54) is 11.1 Å². The standard InChI is InChI=1S/C31H31N7O3/c1-4-24-11-9-22(16-34-24)28-25-8-6-5-7-21(25)18-36-38(28)27(39)12-10-20-13-19(15-26(40-2)29(20)41-3)14-23-17-35-31(33)37-30(23)32/h5-13,15-18,28H,4,14H2,1-3H3,(H4,32,33,35,37)/b12-10+. The van der Waals surface area contributed by atoms with Crippen LogP contribution in [-0.4, -0.2) is 46.3 Å². The maximum absolute atomic E-state index is 13.7. The highest BCUT2D eigenvalue weighted by Gasteiger charge is 2.30. The number of nitrogens with two attached hydrogens (primary N) is 2. The monoisotopic (exact) mass is 549 g/mol. The molecule has 10 nitrogen and oxygen atoms in total. The largest absolute Gasteiger partial charge is 0.493 e. The van der Waals surface area contributed by atoms with Crippen LogP contribution in [0.25, 0.3) is 6.08 Å². The molecule has 3 heterocycles. The molecule has 2 aromatic carbocycles. The number of methoxy groups -OCH3 is 2. The Bertz CT molecular complexity index is 1630. The molecule has 2 aromatic heterocycles. The van der Waals surface area contributed by atoms with Crippen LogP contribution < -0.4 is 20.9 Å². The second-order valence-corrected chi connectivity index (χ2v) is 9.46. The number of rotatable bonds is 8. The van der Waals surface area contributed by atoms with E-state index in [0.29, 0.717) is 34.9 Å². The van der Waals surface area contributed by atoms with Gasteiger partial charge in [0.1, 0.15) is 11.9 Å². The van der Waals surface area contributed by atoms with E-state index in [4.69, 9.17) is 20.9 Å². The maximum atomic E-state index is 13.7. The van der Waals surface area contributed by atoms with Gasteiger partial charge in [-0.05, 0) is 47.4 Å². The van der Waals surface area contributed by atoms with E-state index >= 15 is 0 Å². The van der Waals surface area contributed by atoms with Crippen molar-refractivity contribution >= 4 is 30.0 Å². The Morgan fingerprint density at radius 2 is 1.88 bits per heavy atom. The van der Waals surface area contributed by atoms with E-state index in [-0.39, 0.29) is 11.9 Å². The van der Waals surface area contributed by atoms with Gasteiger partial charge in [-0.15, -0.1) is 0 Å². The number of ether oxygens (including phenoxy) is 2. The lowest BCUT2D eigenvalue weighted by molar-refractivity contribution is -0.127. The highest BCUT2D eigenvalue weighted by Crippen LogP contribution is 2.36. The molecule has 0 spiro atoms. The number of pyridine rings is 1. The Balaban J connectivity index is 1.49. The van der Waals surface area contributed by atoms with Crippen molar-refractivity contribution in [3.8, 4) is 11.5 Å². The van der Waals surface area contributed by atoms with E-state index in [9.17, 15) is 4.79 Å². The zero-order valence-electron chi connectivity index (χ0n) is 23.1. The molecule has 1 amide bonds. The minimum atomic E-state index is -0.428. The minimum absolute atomic E-state index is 0.110. The van der Waals surface area contributed by atoms with Crippen LogP contribution >= 0.6 is 0 Å². The molecule has 0 bridgehead atoms. The van der Waals surface area contributed by atoms with Gasteiger partial charge < -0.3 is 20.9 Å². The first kappa shape index (κ1) is 27.3. The lowest BCUT2D eigenvalue weighted by atomic mass is 9.93. The lowest BCUT2D eigenvalue weighted by Crippen LogP contribution is -2.33. The lowest BCUT2D eigenvalue weighted by Gasteiger charge is -2.31. The minimum Gasteiger partial charge on any atom is -0.493 e. The third kappa shape index (κ3) is 5.72. The topological polar surface area (TPSA) is 142 Å². The normalized spacial score (nSPS) is 14.2. The van der Waals surface area contributed by atoms with Gasteiger partial charge in [-0.2, -0.15) is 10.1 Å². The van der Waals surface area contributed by atoms with Crippen LogP contribution in [0.3, 0.4) is 0 Å². The van der Waals surface area contributed by atoms with Crippen molar-refractivity contribution < 1.29 is 14.3 Å². The molecule has 1 unspecified atom stereocenters. The number of hydrogen-bond donors (Lipinski definition) is 2. The number of amides is 1. The van der Waals surface area contributed by atoms with E-state index in [1.807, 2.05) is 54.7 Å². The summed E-state index contributed by atoms with van der Waals surface area (Å²) in [6.45, 7) is 2.06. The predicted molar refractivity (Wildman–Crippen MR) is 159 cm³/mol. The van der Waals surface area contributed by atoms with Crippen LogP contribution in [0.4, 0.5) is 11.8 Å². The number of benzene rings is 2. The Labute approximate surface area is 238 Å². The Kier molecular flexibility index (Phi) is 7.91. The third-order valence-electron chi connectivity index (χ3n) is 6.89. The first-order valence-electron chi connectivity index (χ1n) is 13.1. The van der Waals surface area contributed by atoms with Crippen LogP contribution in [0, 0.1) is 0 Å². The van der Waals surface area contributed by atoms with Crippen molar-refractivity contribution in [3.05, 3.63) is 106 Å². The molecule has 41 heavy (non-hydrogen) atoms. The van der Waals surface area contributed by atoms with Gasteiger partial charge in [0, 0.05) is 47.3 Å². The molecule has 208 valence electrons. The first-order valence-corrected chi connectivity index (χ1v) is 13.1. The van der Waals surface area contributed by atoms with Crippen molar-refractivity contribution in [2.24, 2.45) is 5.10 Å². The van der Waals surface area contributed by atoms with Crippen molar-refractivity contribution in [1.29, 1.82) is 0 Å². The zero-order valence-corrected chi connectivity index (χ0v) is 23.1. The van der Waals surface area contributed by atoms with Gasteiger partial charge >= 0.3 is 0 Å². The number of hydrazone groups is 1. The van der Waals surface area contributed by atoms with E-state index in [1.54, 1.807) is 32.7 Å². The number of nitrogens with zero attached hydrogens (tertiary/aromatic N) is 5. The van der Waals surface area contributed by atoms with E-state index in [0.717, 1.165) is 34.4 Å². The van der Waals surface area contributed by atoms with E-state index in [2.05, 4.69) is 27.0 Å². The number of aromatic nitrogens is 3. The molecule has 0 aliphatic carbocycles. The molecule has 0 saturated heterocycles. The van der Waals surface area contributed by atoms with Gasteiger partial charge in [0.05, 0.1) is 20.4 Å². The molecular weight excluding hydrogens is 518 g/mol. The summed E-state index contributed by atoms with van der Waals surface area (Å²) in [4.78, 5) is 26.3. The number of hydrogen-bond acceptors (Lipinski definition) is 9. The molecule has 1 aliphatic heterocycles. The number of anilines is 2. The van der Waals surface area contributed by atoms with Crippen LogP contribution in [0.15, 0.2) is 72.1 Å². The fourth-order valence-electron chi connectivity index (χ4n) is 4.82. The molecule has 1 aliphatic rings. The fourth-order valence-corrected chi connectivity index (χ4v) is 4.82. The molecule has 4 N–H and O–H groups in total. The highest BCUT2D eigenvalue weighted by atomic mass is 16.5. The van der Waals surface area contributed by atoms with Crippen LogP contribution in [-0.2, 0) is 17.6 Å². The maximum Gasteiger partial charge on any atom is 0.267 e. The number of carbonyl (C=O) groups is 1. The van der Waals surface area contributed by atoms with E-state index < -0.39 is 6.04 Å². The number of nitrogen functional groups attached to an aromatic ring is 2. The molecular formula is C31H31N7O3. The summed E-state index contributed by atoms with van der Waals surface area (Å²) < 4.78 is 11.2. The van der Waals surface area contributed by atoms with Gasteiger partial charge in [-0.1, -0.05) is 37.3 Å². The van der Waals surface area contributed by atoms with Crippen molar-refractivity contribution in [2.75, 3.05) is 25.7 Å². The van der Waals surface area contributed by atoms with Gasteiger partial charge in [0.2, 0.25) is 5.95 Å². The summed E-state index contributed by atoms with van der Waals surface area (Å²) in [5.41, 5.74) is 17.7. The molecule has 5 rings (SSSR count). The third-order valence-corrected chi connectivity index (χ3v) is 6.89. The van der Waals surface area contributed by atoms with Crippen LogP contribution in [0.1, 0.15) is 52.0 Å². The summed E-state index contributed by atoms with van der Waals surface area (Å²) >= 11 is 0. The molecule has 1 atom stereocenters. The molecule has 0 radical (unpaired) electrons. The molecule has 0 saturated carbocycles. The predicted octanol–water partition coefficient (Wildman–Crippen LogP) is 4.19. The van der Waals surface area contributed by atoms with Gasteiger partial charge in [0.15, 0.2) is 11.5 Å². The number of carbonyl (C=O) groups excluding carboxylic acids is 1. The summed E-state index contributed by atoms with van der Waals surface area (Å²) in [6.07, 6.45) is 9.55. The van der Waals surface area contributed by atoms with Gasteiger partial charge in [-0.25, -0.2) is 9.99 Å². The second-order valence-electron chi connectivity index (χ2n) is 9.46. The quantitative estimate of drug-likeness (QED) is 0.312.